The number of nitriles is 1. The lowest BCUT2D eigenvalue weighted by molar-refractivity contribution is -0.122. The van der Waals surface area contributed by atoms with Gasteiger partial charge in [0.05, 0.1) is 11.6 Å². The molecule has 1 rings (SSSR count). The summed E-state index contributed by atoms with van der Waals surface area (Å²) in [5.41, 5.74) is 7.24. The Hall–Kier alpha value is -1.86. The third-order valence-electron chi connectivity index (χ3n) is 3.16. The van der Waals surface area contributed by atoms with Crippen LogP contribution in [0.25, 0.3) is 0 Å². The molecule has 108 valence electrons. The Labute approximate surface area is 121 Å². The molecule has 1 amide bonds. The summed E-state index contributed by atoms with van der Waals surface area (Å²) in [6, 6.07) is 9.34. The molecule has 0 aliphatic carbocycles. The van der Waals surface area contributed by atoms with Gasteiger partial charge in [-0.3, -0.25) is 4.79 Å². The molecule has 0 heterocycles. The Balaban J connectivity index is 2.44. The molecule has 3 N–H and O–H groups in total. The van der Waals surface area contributed by atoms with Crippen molar-refractivity contribution in [1.29, 1.82) is 5.26 Å². The van der Waals surface area contributed by atoms with Crippen LogP contribution in [0.15, 0.2) is 24.3 Å². The maximum Gasteiger partial charge on any atom is 0.220 e. The van der Waals surface area contributed by atoms with E-state index in [-0.39, 0.29) is 11.8 Å². The van der Waals surface area contributed by atoms with Crippen molar-refractivity contribution in [2.75, 3.05) is 6.54 Å². The molecule has 0 spiro atoms. The van der Waals surface area contributed by atoms with Crippen LogP contribution in [0.1, 0.15) is 37.8 Å². The number of rotatable bonds is 7. The molecular weight excluding hydrogens is 250 g/mol. The van der Waals surface area contributed by atoms with E-state index in [0.717, 1.165) is 12.0 Å². The van der Waals surface area contributed by atoms with Gasteiger partial charge < -0.3 is 11.1 Å². The predicted octanol–water partition coefficient (Wildman–Crippen LogP) is 2.19. The molecule has 0 aliphatic heterocycles. The average Bonchev–Trinajstić information content (AvgIpc) is 2.44. The van der Waals surface area contributed by atoms with Crippen LogP contribution in [0.3, 0.4) is 0 Å². The van der Waals surface area contributed by atoms with Gasteiger partial charge in [0.1, 0.15) is 0 Å². The van der Waals surface area contributed by atoms with Crippen LogP contribution in [0.5, 0.6) is 0 Å². The second-order valence-electron chi connectivity index (χ2n) is 5.52. The van der Waals surface area contributed by atoms with Crippen LogP contribution in [-0.4, -0.2) is 12.5 Å². The van der Waals surface area contributed by atoms with E-state index in [2.05, 4.69) is 25.2 Å². The van der Waals surface area contributed by atoms with Gasteiger partial charge in [-0.25, -0.2) is 0 Å². The Morgan fingerprint density at radius 1 is 1.45 bits per heavy atom. The maximum atomic E-state index is 11.9. The van der Waals surface area contributed by atoms with Crippen LogP contribution in [0.2, 0.25) is 0 Å². The van der Waals surface area contributed by atoms with Crippen LogP contribution in [-0.2, 0) is 11.3 Å². The summed E-state index contributed by atoms with van der Waals surface area (Å²) in [5.74, 6) is 0.799. The summed E-state index contributed by atoms with van der Waals surface area (Å²) in [4.78, 5) is 11.9. The van der Waals surface area contributed by atoms with E-state index in [9.17, 15) is 4.79 Å². The number of amides is 1. The monoisotopic (exact) mass is 273 g/mol. The van der Waals surface area contributed by atoms with Crippen LogP contribution < -0.4 is 11.1 Å². The van der Waals surface area contributed by atoms with E-state index < -0.39 is 0 Å². The van der Waals surface area contributed by atoms with E-state index in [1.165, 1.54) is 0 Å². The van der Waals surface area contributed by atoms with E-state index in [1.807, 2.05) is 12.1 Å². The third-order valence-corrected chi connectivity index (χ3v) is 3.16. The summed E-state index contributed by atoms with van der Waals surface area (Å²) in [5, 5.41) is 11.7. The number of hydrogen-bond acceptors (Lipinski definition) is 3. The fourth-order valence-corrected chi connectivity index (χ4v) is 2.22. The molecule has 0 bridgehead atoms. The molecule has 4 nitrogen and oxygen atoms in total. The second kappa shape index (κ2) is 8.34. The quantitative estimate of drug-likeness (QED) is 0.799. The minimum absolute atomic E-state index is 0.0171. The Bertz CT molecular complexity index is 477. The molecule has 0 radical (unpaired) electrons. The van der Waals surface area contributed by atoms with Gasteiger partial charge in [-0.15, -0.1) is 0 Å². The van der Waals surface area contributed by atoms with Crippen molar-refractivity contribution in [2.24, 2.45) is 17.6 Å². The number of carbonyl (C=O) groups excluding carboxylic acids is 1. The fraction of sp³-hybridized carbons (Fsp3) is 0.500. The van der Waals surface area contributed by atoms with Crippen molar-refractivity contribution < 1.29 is 4.79 Å². The Morgan fingerprint density at radius 2 is 2.20 bits per heavy atom. The topological polar surface area (TPSA) is 78.9 Å². The molecule has 1 aromatic rings. The highest BCUT2D eigenvalue weighted by atomic mass is 16.1. The van der Waals surface area contributed by atoms with Gasteiger partial charge in [0.25, 0.3) is 0 Å². The molecular formula is C16H23N3O. The van der Waals surface area contributed by atoms with E-state index in [0.29, 0.717) is 31.0 Å². The SMILES string of the molecule is CC(C)C[C@H](CN)CC(=O)NCc1cccc(C#N)c1. The van der Waals surface area contributed by atoms with Gasteiger partial charge in [0.2, 0.25) is 5.91 Å². The molecule has 0 unspecified atom stereocenters. The lowest BCUT2D eigenvalue weighted by Gasteiger charge is -2.16. The molecule has 4 heteroatoms. The zero-order valence-electron chi connectivity index (χ0n) is 12.2. The highest BCUT2D eigenvalue weighted by Gasteiger charge is 2.13. The lowest BCUT2D eigenvalue weighted by Crippen LogP contribution is -2.28. The number of nitrogens with zero attached hydrogens (tertiary/aromatic N) is 1. The molecule has 0 aliphatic rings. The summed E-state index contributed by atoms with van der Waals surface area (Å²) < 4.78 is 0. The lowest BCUT2D eigenvalue weighted by atomic mass is 9.94. The second-order valence-corrected chi connectivity index (χ2v) is 5.52. The number of nitrogens with two attached hydrogens (primary N) is 1. The summed E-state index contributed by atoms with van der Waals surface area (Å²) in [6.45, 7) is 5.25. The van der Waals surface area contributed by atoms with Crippen molar-refractivity contribution >= 4 is 5.91 Å². The first kappa shape index (κ1) is 16.2. The molecule has 0 saturated heterocycles. The van der Waals surface area contributed by atoms with Gasteiger partial charge in [-0.2, -0.15) is 5.26 Å². The molecule has 0 saturated carbocycles. The van der Waals surface area contributed by atoms with Gasteiger partial charge in [0, 0.05) is 13.0 Å². The van der Waals surface area contributed by atoms with Crippen molar-refractivity contribution in [3.63, 3.8) is 0 Å². The first-order valence-corrected chi connectivity index (χ1v) is 7.01. The highest BCUT2D eigenvalue weighted by Crippen LogP contribution is 2.14. The van der Waals surface area contributed by atoms with E-state index in [4.69, 9.17) is 11.0 Å². The minimum atomic E-state index is 0.0171. The maximum absolute atomic E-state index is 11.9. The molecule has 0 fully saturated rings. The van der Waals surface area contributed by atoms with Crippen LogP contribution >= 0.6 is 0 Å². The number of nitrogens with one attached hydrogen (secondary N) is 1. The first-order valence-electron chi connectivity index (χ1n) is 7.01. The van der Waals surface area contributed by atoms with Gasteiger partial charge in [-0.1, -0.05) is 26.0 Å². The van der Waals surface area contributed by atoms with E-state index in [1.54, 1.807) is 12.1 Å². The predicted molar refractivity (Wildman–Crippen MR) is 79.6 cm³/mol. The number of benzene rings is 1. The van der Waals surface area contributed by atoms with Crippen LogP contribution in [0.4, 0.5) is 0 Å². The Kier molecular flexibility index (Phi) is 6.75. The molecule has 1 aromatic carbocycles. The highest BCUT2D eigenvalue weighted by molar-refractivity contribution is 5.76. The van der Waals surface area contributed by atoms with Gasteiger partial charge >= 0.3 is 0 Å². The molecule has 0 aromatic heterocycles. The van der Waals surface area contributed by atoms with Crippen molar-refractivity contribution in [3.8, 4) is 6.07 Å². The van der Waals surface area contributed by atoms with Crippen LogP contribution in [0, 0.1) is 23.2 Å². The third kappa shape index (κ3) is 5.85. The van der Waals surface area contributed by atoms with Crippen molar-refractivity contribution in [2.45, 2.75) is 33.2 Å². The summed E-state index contributed by atoms with van der Waals surface area (Å²) in [6.07, 6.45) is 1.43. The van der Waals surface area contributed by atoms with E-state index >= 15 is 0 Å². The minimum Gasteiger partial charge on any atom is -0.352 e. The number of carbonyl (C=O) groups is 1. The standard InChI is InChI=1S/C16H23N3O/c1-12(2)6-15(10-18)8-16(20)19-11-14-5-3-4-13(7-14)9-17/h3-5,7,12,15H,6,8,10-11,18H2,1-2H3,(H,19,20)/t15-/m0/s1. The Morgan fingerprint density at radius 3 is 2.80 bits per heavy atom. The molecule has 20 heavy (non-hydrogen) atoms. The van der Waals surface area contributed by atoms with Gasteiger partial charge in [-0.05, 0) is 42.5 Å². The zero-order valence-corrected chi connectivity index (χ0v) is 12.2. The molecule has 1 atom stereocenters. The van der Waals surface area contributed by atoms with Crippen molar-refractivity contribution in [1.82, 2.24) is 5.32 Å². The van der Waals surface area contributed by atoms with Crippen molar-refractivity contribution in [3.05, 3.63) is 35.4 Å². The van der Waals surface area contributed by atoms with Gasteiger partial charge in [0.15, 0.2) is 0 Å². The average molecular weight is 273 g/mol. The zero-order chi connectivity index (χ0) is 15.0. The largest absolute Gasteiger partial charge is 0.352 e. The first-order chi connectivity index (χ1) is 9.55. The summed E-state index contributed by atoms with van der Waals surface area (Å²) >= 11 is 0. The smallest absolute Gasteiger partial charge is 0.220 e. The fourth-order valence-electron chi connectivity index (χ4n) is 2.22. The number of hydrogen-bond donors (Lipinski definition) is 2. The summed E-state index contributed by atoms with van der Waals surface area (Å²) in [7, 11) is 0. The normalized spacial score (nSPS) is 11.9.